The minimum atomic E-state index is -0.357. The smallest absolute Gasteiger partial charge is 0.258 e. The molecule has 0 aliphatic carbocycles. The molecule has 0 radical (unpaired) electrons. The van der Waals surface area contributed by atoms with Gasteiger partial charge >= 0.3 is 0 Å². The molecule has 0 amide bonds. The van der Waals surface area contributed by atoms with Crippen molar-refractivity contribution in [1.82, 2.24) is 0 Å². The molecule has 1 aromatic carbocycles. The fourth-order valence-electron chi connectivity index (χ4n) is 1.14. The molecule has 1 aliphatic rings. The van der Waals surface area contributed by atoms with E-state index in [0.717, 1.165) is 4.90 Å². The van der Waals surface area contributed by atoms with Gasteiger partial charge in [-0.2, -0.15) is 0 Å². The monoisotopic (exact) mass is 291 g/mol. The number of rotatable bonds is 3. The Bertz CT molecular complexity index is 368. The van der Waals surface area contributed by atoms with E-state index in [9.17, 15) is 10.1 Å². The number of nitro benzene ring substituents is 1. The average Bonchev–Trinajstić information content (AvgIpc) is 2.31. The Hall–Kier alpha value is 0.1000. The minimum Gasteiger partial charge on any atom is -0.258 e. The zero-order chi connectivity index (χ0) is 11.4. The highest BCUT2D eigenvalue weighted by atomic mass is 33.4. The first-order valence-electron chi connectivity index (χ1n) is 4.74. The molecule has 86 valence electrons. The van der Waals surface area contributed by atoms with Gasteiger partial charge in [-0.1, -0.05) is 11.4 Å². The number of hydrogen-bond acceptors (Lipinski definition) is 5. The van der Waals surface area contributed by atoms with Gasteiger partial charge in [0.2, 0.25) is 0 Å². The fraction of sp³-hybridized carbons (Fsp3) is 0.333. The Labute approximate surface area is 107 Å². The molecule has 3 nitrogen and oxygen atoms in total. The Morgan fingerprint density at radius 2 is 1.88 bits per heavy atom. The molecule has 16 heavy (non-hydrogen) atoms. The lowest BCUT2D eigenvalue weighted by molar-refractivity contribution is -0.384. The van der Waals surface area contributed by atoms with Crippen LogP contribution in [0.2, 0.25) is 0 Å². The number of nitro groups is 1. The van der Waals surface area contributed by atoms with Crippen molar-refractivity contribution < 1.29 is 4.92 Å². The van der Waals surface area contributed by atoms with Gasteiger partial charge in [0, 0.05) is 17.0 Å². The van der Waals surface area contributed by atoms with E-state index in [-0.39, 0.29) is 16.1 Å². The van der Waals surface area contributed by atoms with E-state index in [1.54, 1.807) is 12.1 Å². The van der Waals surface area contributed by atoms with Crippen LogP contribution >= 0.6 is 39.7 Å². The van der Waals surface area contributed by atoms with Crippen LogP contribution in [-0.2, 0) is 0 Å². The molecule has 0 unspecified atom stereocenters. The Morgan fingerprint density at radius 3 is 2.44 bits per heavy atom. The van der Waals surface area contributed by atoms with Crippen molar-refractivity contribution in [1.29, 1.82) is 0 Å². The SMILES string of the molecule is O=[N+]([O-])c1ccc(SP2SCCCS2)cc1. The van der Waals surface area contributed by atoms with Gasteiger partial charge in [-0.3, -0.25) is 10.1 Å². The van der Waals surface area contributed by atoms with Gasteiger partial charge < -0.3 is 0 Å². The summed E-state index contributed by atoms with van der Waals surface area (Å²) >= 11 is 5.90. The molecule has 0 N–H and O–H groups in total. The van der Waals surface area contributed by atoms with Crippen molar-refractivity contribution in [3.05, 3.63) is 34.4 Å². The first-order valence-corrected chi connectivity index (χ1v) is 10.7. The average molecular weight is 291 g/mol. The van der Waals surface area contributed by atoms with E-state index in [1.807, 2.05) is 46.3 Å². The van der Waals surface area contributed by atoms with Crippen molar-refractivity contribution in [2.75, 3.05) is 11.5 Å². The maximum atomic E-state index is 10.5. The summed E-state index contributed by atoms with van der Waals surface area (Å²) in [5, 5.41) is 10.5. The Morgan fingerprint density at radius 1 is 1.25 bits per heavy atom. The molecule has 2 rings (SSSR count). The molecule has 7 heteroatoms. The Kier molecular flexibility index (Phi) is 4.82. The summed E-state index contributed by atoms with van der Waals surface area (Å²) < 4.78 is 0. The lowest BCUT2D eigenvalue weighted by Crippen LogP contribution is -1.87. The van der Waals surface area contributed by atoms with Gasteiger partial charge in [-0.05, 0) is 30.1 Å². The molecule has 1 heterocycles. The highest BCUT2D eigenvalue weighted by Crippen LogP contribution is 2.74. The molecule has 0 atom stereocenters. The van der Waals surface area contributed by atoms with Crippen molar-refractivity contribution in [3.63, 3.8) is 0 Å². The lowest BCUT2D eigenvalue weighted by Gasteiger charge is -2.19. The van der Waals surface area contributed by atoms with E-state index < -0.39 is 0 Å². The van der Waals surface area contributed by atoms with Crippen LogP contribution < -0.4 is 0 Å². The van der Waals surface area contributed by atoms with Crippen LogP contribution in [0.15, 0.2) is 29.2 Å². The van der Waals surface area contributed by atoms with E-state index in [2.05, 4.69) is 0 Å². The third kappa shape index (κ3) is 3.55. The normalized spacial score (nSPS) is 17.2. The van der Waals surface area contributed by atoms with Crippen molar-refractivity contribution >= 4 is 45.4 Å². The van der Waals surface area contributed by atoms with E-state index >= 15 is 0 Å². The number of benzene rings is 1. The van der Waals surface area contributed by atoms with E-state index in [4.69, 9.17) is 0 Å². The third-order valence-electron chi connectivity index (χ3n) is 1.91. The van der Waals surface area contributed by atoms with Gasteiger partial charge in [-0.25, -0.2) is 0 Å². The minimum absolute atomic E-state index is 0.0928. The second-order valence-corrected chi connectivity index (χ2v) is 13.0. The number of non-ortho nitro benzene ring substituents is 1. The van der Waals surface area contributed by atoms with Crippen LogP contribution in [0.3, 0.4) is 0 Å². The highest BCUT2D eigenvalue weighted by Gasteiger charge is 2.16. The van der Waals surface area contributed by atoms with Gasteiger partial charge in [0.25, 0.3) is 5.69 Å². The molecule has 0 aromatic heterocycles. The second kappa shape index (κ2) is 6.15. The van der Waals surface area contributed by atoms with Crippen molar-refractivity contribution in [2.45, 2.75) is 11.3 Å². The third-order valence-corrected chi connectivity index (χ3v) is 12.5. The molecule has 0 saturated carbocycles. The predicted molar refractivity (Wildman–Crippen MR) is 75.4 cm³/mol. The molecule has 1 aromatic rings. The molecular formula is C9H10NO2PS3. The topological polar surface area (TPSA) is 43.1 Å². The van der Waals surface area contributed by atoms with Gasteiger partial charge in [0.1, 0.15) is 0 Å². The van der Waals surface area contributed by atoms with Crippen LogP contribution in [0.1, 0.15) is 6.42 Å². The molecule has 1 aliphatic heterocycles. The van der Waals surface area contributed by atoms with Crippen LogP contribution in [0.25, 0.3) is 0 Å². The van der Waals surface area contributed by atoms with Crippen LogP contribution in [-0.4, -0.2) is 16.4 Å². The summed E-state index contributed by atoms with van der Waals surface area (Å²) in [4.78, 5) is 11.3. The molecular weight excluding hydrogens is 281 g/mol. The van der Waals surface area contributed by atoms with Crippen molar-refractivity contribution in [2.24, 2.45) is 0 Å². The molecule has 0 bridgehead atoms. The van der Waals surface area contributed by atoms with Crippen LogP contribution in [0.4, 0.5) is 5.69 Å². The second-order valence-electron chi connectivity index (χ2n) is 3.09. The fourth-order valence-corrected chi connectivity index (χ4v) is 11.7. The van der Waals surface area contributed by atoms with E-state index in [1.165, 1.54) is 17.9 Å². The zero-order valence-corrected chi connectivity index (χ0v) is 11.7. The van der Waals surface area contributed by atoms with Crippen LogP contribution in [0.5, 0.6) is 0 Å². The number of nitrogens with zero attached hydrogens (tertiary/aromatic N) is 1. The summed E-state index contributed by atoms with van der Waals surface area (Å²) in [6.07, 6.45) is 1.30. The zero-order valence-electron chi connectivity index (χ0n) is 8.37. The highest BCUT2D eigenvalue weighted by molar-refractivity contribution is 9.12. The van der Waals surface area contributed by atoms with E-state index in [0.29, 0.717) is 0 Å². The van der Waals surface area contributed by atoms with Gasteiger partial charge in [0.15, 0.2) is 0 Å². The summed E-state index contributed by atoms with van der Waals surface area (Å²) in [5.74, 6) is 2.50. The maximum absolute atomic E-state index is 10.5. The summed E-state index contributed by atoms with van der Waals surface area (Å²) in [7, 11) is 0. The summed E-state index contributed by atoms with van der Waals surface area (Å²) in [6.45, 7) is 0. The largest absolute Gasteiger partial charge is 0.269 e. The summed E-state index contributed by atoms with van der Waals surface area (Å²) in [6, 6.07) is 6.86. The molecule has 0 spiro atoms. The first-order chi connectivity index (χ1) is 7.75. The van der Waals surface area contributed by atoms with Gasteiger partial charge in [0.05, 0.1) is 10.5 Å². The number of hydrogen-bond donors (Lipinski definition) is 0. The van der Waals surface area contributed by atoms with Gasteiger partial charge in [-0.15, -0.1) is 22.8 Å². The molecule has 1 saturated heterocycles. The summed E-state index contributed by atoms with van der Waals surface area (Å²) in [5.41, 5.74) is 0.0748. The lowest BCUT2D eigenvalue weighted by atomic mass is 10.3. The van der Waals surface area contributed by atoms with Crippen molar-refractivity contribution in [3.8, 4) is 0 Å². The first kappa shape index (κ1) is 12.6. The van der Waals surface area contributed by atoms with Crippen LogP contribution in [0, 0.1) is 10.1 Å². The maximum Gasteiger partial charge on any atom is 0.269 e. The quantitative estimate of drug-likeness (QED) is 0.455. The molecule has 1 fully saturated rings. The predicted octanol–water partition coefficient (Wildman–Crippen LogP) is 4.78. The standard InChI is InChI=1S/C9H10NO2PS3/c11-10(12)8-2-4-9(5-3-8)16-13-14-6-1-7-15-13/h2-5H,1,6-7H2. The Balaban J connectivity index is 1.96.